The Labute approximate surface area is 139 Å². The fourth-order valence-electron chi connectivity index (χ4n) is 1.81. The second kappa shape index (κ2) is 9.17. The monoisotopic (exact) mass is 344 g/mol. The fraction of sp³-hybridized carbons (Fsp3) is 0.500. The lowest BCUT2D eigenvalue weighted by molar-refractivity contribution is -0.123. The minimum atomic E-state index is -3.10. The third-order valence-corrected chi connectivity index (χ3v) is 3.22. The van der Waals surface area contributed by atoms with Gasteiger partial charge in [0, 0.05) is 12.0 Å². The van der Waals surface area contributed by atoms with Gasteiger partial charge >= 0.3 is 0 Å². The number of carbonyl (C=O) groups excluding carboxylic acids is 2. The van der Waals surface area contributed by atoms with Gasteiger partial charge in [-0.25, -0.2) is 8.78 Å². The molecule has 0 spiro atoms. The number of ketones is 1. The van der Waals surface area contributed by atoms with Gasteiger partial charge in [0.15, 0.2) is 17.3 Å². The van der Waals surface area contributed by atoms with Crippen molar-refractivity contribution in [2.45, 2.75) is 25.7 Å². The smallest absolute Gasteiger partial charge is 0.277 e. The number of rotatable bonds is 10. The lowest BCUT2D eigenvalue weighted by Gasteiger charge is -2.14. The molecule has 8 heteroatoms. The zero-order valence-corrected chi connectivity index (χ0v) is 13.7. The van der Waals surface area contributed by atoms with Gasteiger partial charge in [-0.2, -0.15) is 0 Å². The molecule has 0 unspecified atom stereocenters. The molecule has 0 saturated heterocycles. The van der Waals surface area contributed by atoms with Crippen molar-refractivity contribution in [2.75, 3.05) is 26.8 Å². The van der Waals surface area contributed by atoms with Crippen molar-refractivity contribution in [3.05, 3.63) is 23.8 Å². The predicted octanol–water partition coefficient (Wildman–Crippen LogP) is 1.77. The highest BCUT2D eigenvalue weighted by atomic mass is 19.3. The summed E-state index contributed by atoms with van der Waals surface area (Å²) in [5.41, 5.74) is 5.38. The van der Waals surface area contributed by atoms with Crippen molar-refractivity contribution >= 4 is 11.7 Å². The summed E-state index contributed by atoms with van der Waals surface area (Å²) in [5.74, 6) is -2.83. The van der Waals surface area contributed by atoms with Crippen molar-refractivity contribution in [1.29, 1.82) is 0 Å². The van der Waals surface area contributed by atoms with Crippen LogP contribution < -0.4 is 20.5 Å². The first-order valence-corrected chi connectivity index (χ1v) is 7.45. The second-order valence-corrected chi connectivity index (χ2v) is 5.21. The lowest BCUT2D eigenvalue weighted by Crippen LogP contribution is -2.41. The molecule has 0 radical (unpaired) electrons. The van der Waals surface area contributed by atoms with E-state index in [0.717, 1.165) is 0 Å². The van der Waals surface area contributed by atoms with Crippen LogP contribution in [-0.2, 0) is 4.79 Å². The number of alkyl halides is 2. The average Bonchev–Trinajstić information content (AvgIpc) is 2.56. The second-order valence-electron chi connectivity index (χ2n) is 5.21. The molecule has 3 N–H and O–H groups in total. The predicted molar refractivity (Wildman–Crippen MR) is 84.7 cm³/mol. The van der Waals surface area contributed by atoms with E-state index in [9.17, 15) is 18.4 Å². The molecule has 1 aromatic carbocycles. The highest BCUT2D eigenvalue weighted by molar-refractivity contribution is 5.94. The number of nitrogens with one attached hydrogen (secondary N) is 1. The maximum absolute atomic E-state index is 12.9. The molecule has 1 aromatic rings. The van der Waals surface area contributed by atoms with E-state index in [2.05, 4.69) is 5.32 Å². The van der Waals surface area contributed by atoms with Gasteiger partial charge in [0.05, 0.1) is 26.8 Å². The summed E-state index contributed by atoms with van der Waals surface area (Å²) in [6.45, 7) is 0.0640. The van der Waals surface area contributed by atoms with Crippen molar-refractivity contribution in [3.8, 4) is 11.5 Å². The Balaban J connectivity index is 2.40. The van der Waals surface area contributed by atoms with E-state index in [1.807, 2.05) is 0 Å². The summed E-state index contributed by atoms with van der Waals surface area (Å²) in [6, 6.07) is 4.79. The van der Waals surface area contributed by atoms with E-state index < -0.39 is 24.9 Å². The topological polar surface area (TPSA) is 90.6 Å². The first-order valence-electron chi connectivity index (χ1n) is 7.45. The van der Waals surface area contributed by atoms with E-state index >= 15 is 0 Å². The molecule has 0 saturated carbocycles. The van der Waals surface area contributed by atoms with Crippen LogP contribution in [0.3, 0.4) is 0 Å². The van der Waals surface area contributed by atoms with Gasteiger partial charge in [-0.1, -0.05) is 0 Å². The summed E-state index contributed by atoms with van der Waals surface area (Å²) in [6.07, 6.45) is 0.395. The molecule has 0 aliphatic heterocycles. The van der Waals surface area contributed by atoms with Crippen LogP contribution in [0.25, 0.3) is 0 Å². The molecular weight excluding hydrogens is 322 g/mol. The number of carbonyl (C=O) groups is 2. The average molecular weight is 344 g/mol. The molecule has 0 aliphatic carbocycles. The zero-order chi connectivity index (χ0) is 18.2. The maximum Gasteiger partial charge on any atom is 0.277 e. The number of nitrogens with two attached hydrogens (primary N) is 1. The SMILES string of the molecule is COc1cc(C(C)=O)ccc1OCCCC(=O)NCC(F)(F)CN. The third kappa shape index (κ3) is 6.49. The molecule has 0 heterocycles. The van der Waals surface area contributed by atoms with Crippen LogP contribution in [0.1, 0.15) is 30.1 Å². The maximum atomic E-state index is 12.9. The Bertz CT molecular complexity index is 579. The molecule has 1 rings (SSSR count). The van der Waals surface area contributed by atoms with Crippen LogP contribution in [0.4, 0.5) is 8.78 Å². The number of hydrogen-bond donors (Lipinski definition) is 2. The zero-order valence-electron chi connectivity index (χ0n) is 13.7. The van der Waals surface area contributed by atoms with Gasteiger partial charge in [0.1, 0.15) is 0 Å². The standard InChI is InChI=1S/C16H22F2N2O4/c1-11(21)12-5-6-13(14(8-12)23-2)24-7-3-4-15(22)20-10-16(17,18)9-19/h5-6,8H,3-4,7,9-10,19H2,1-2H3,(H,20,22). The van der Waals surface area contributed by atoms with Gasteiger partial charge in [0.25, 0.3) is 5.92 Å². The quantitative estimate of drug-likeness (QED) is 0.499. The first kappa shape index (κ1) is 19.8. The minimum Gasteiger partial charge on any atom is -0.493 e. The lowest BCUT2D eigenvalue weighted by atomic mass is 10.1. The van der Waals surface area contributed by atoms with E-state index in [4.69, 9.17) is 15.2 Å². The van der Waals surface area contributed by atoms with Gasteiger partial charge in [-0.05, 0) is 31.5 Å². The third-order valence-electron chi connectivity index (χ3n) is 3.22. The highest BCUT2D eigenvalue weighted by Crippen LogP contribution is 2.28. The minimum absolute atomic E-state index is 0.0501. The van der Waals surface area contributed by atoms with E-state index in [-0.39, 0.29) is 18.8 Å². The van der Waals surface area contributed by atoms with E-state index in [1.54, 1.807) is 18.2 Å². The Morgan fingerprint density at radius 1 is 1.29 bits per heavy atom. The van der Waals surface area contributed by atoms with Crippen LogP contribution in [0.5, 0.6) is 11.5 Å². The Morgan fingerprint density at radius 2 is 2.00 bits per heavy atom. The molecule has 0 aromatic heterocycles. The highest BCUT2D eigenvalue weighted by Gasteiger charge is 2.26. The Hall–Kier alpha value is -2.22. The number of benzene rings is 1. The molecule has 1 amide bonds. The molecule has 0 fully saturated rings. The molecule has 6 nitrogen and oxygen atoms in total. The van der Waals surface area contributed by atoms with Crippen molar-refractivity contribution in [2.24, 2.45) is 5.73 Å². The molecule has 134 valence electrons. The van der Waals surface area contributed by atoms with Gasteiger partial charge in [-0.15, -0.1) is 0 Å². The van der Waals surface area contributed by atoms with Crippen LogP contribution in [0.15, 0.2) is 18.2 Å². The Kier molecular flexibility index (Phi) is 7.57. The molecular formula is C16H22F2N2O4. The van der Waals surface area contributed by atoms with Crippen LogP contribution in [0.2, 0.25) is 0 Å². The number of ether oxygens (including phenoxy) is 2. The van der Waals surface area contributed by atoms with Crippen LogP contribution in [0, 0.1) is 0 Å². The summed E-state index contributed by atoms with van der Waals surface area (Å²) in [4.78, 5) is 22.8. The van der Waals surface area contributed by atoms with E-state index in [1.165, 1.54) is 14.0 Å². The number of methoxy groups -OCH3 is 1. The Morgan fingerprint density at radius 3 is 2.58 bits per heavy atom. The van der Waals surface area contributed by atoms with Crippen LogP contribution >= 0.6 is 0 Å². The van der Waals surface area contributed by atoms with Crippen LogP contribution in [-0.4, -0.2) is 44.4 Å². The largest absolute Gasteiger partial charge is 0.493 e. The number of Topliss-reactive ketones (excluding diaryl/α,β-unsaturated/α-hetero) is 1. The normalized spacial score (nSPS) is 11.0. The summed E-state index contributed by atoms with van der Waals surface area (Å²) >= 11 is 0. The summed E-state index contributed by atoms with van der Waals surface area (Å²) < 4.78 is 36.4. The van der Waals surface area contributed by atoms with Gasteiger partial charge in [-0.3, -0.25) is 9.59 Å². The molecule has 0 bridgehead atoms. The van der Waals surface area contributed by atoms with Crippen molar-refractivity contribution in [1.82, 2.24) is 5.32 Å². The van der Waals surface area contributed by atoms with Gasteiger partial charge in [0.2, 0.25) is 5.91 Å². The molecule has 0 aliphatic rings. The van der Waals surface area contributed by atoms with E-state index in [0.29, 0.717) is 23.5 Å². The summed E-state index contributed by atoms with van der Waals surface area (Å²) in [7, 11) is 1.46. The molecule has 24 heavy (non-hydrogen) atoms. The first-order chi connectivity index (χ1) is 11.3. The van der Waals surface area contributed by atoms with Crippen molar-refractivity contribution in [3.63, 3.8) is 0 Å². The number of hydrogen-bond acceptors (Lipinski definition) is 5. The number of halogens is 2. The summed E-state index contributed by atoms with van der Waals surface area (Å²) in [5, 5.41) is 2.13. The molecule has 0 atom stereocenters. The fourth-order valence-corrected chi connectivity index (χ4v) is 1.81. The van der Waals surface area contributed by atoms with Crippen molar-refractivity contribution < 1.29 is 27.8 Å². The number of amides is 1. The van der Waals surface area contributed by atoms with Gasteiger partial charge < -0.3 is 20.5 Å².